The van der Waals surface area contributed by atoms with Gasteiger partial charge in [-0.1, -0.05) is 0 Å². The van der Waals surface area contributed by atoms with Crippen LogP contribution in [0.3, 0.4) is 0 Å². The standard InChI is InChI=1S/C14H24N4O2/c1-4-20-8-7-15-14(19)17-13-10(2)9-16-18(13)11(3)12-5-6-12/h9,11-12H,4-8H2,1-3H3,(H2,15,17,19)/t11-/m1/s1. The molecule has 0 unspecified atom stereocenters. The Kier molecular flexibility index (Phi) is 5.00. The van der Waals surface area contributed by atoms with Gasteiger partial charge in [0.1, 0.15) is 5.82 Å². The lowest BCUT2D eigenvalue weighted by molar-refractivity contribution is 0.150. The van der Waals surface area contributed by atoms with Crippen LogP contribution in [-0.4, -0.2) is 35.6 Å². The number of amides is 2. The molecule has 1 heterocycles. The first-order valence-electron chi connectivity index (χ1n) is 7.30. The van der Waals surface area contributed by atoms with Crippen LogP contribution in [0.1, 0.15) is 38.3 Å². The van der Waals surface area contributed by atoms with Crippen LogP contribution >= 0.6 is 0 Å². The lowest BCUT2D eigenvalue weighted by atomic mass is 10.2. The largest absolute Gasteiger partial charge is 0.380 e. The van der Waals surface area contributed by atoms with Crippen molar-refractivity contribution < 1.29 is 9.53 Å². The highest BCUT2D eigenvalue weighted by atomic mass is 16.5. The third-order valence-corrected chi connectivity index (χ3v) is 3.64. The SMILES string of the molecule is CCOCCNC(=O)Nc1c(C)cnn1[C@H](C)C1CC1. The summed E-state index contributed by atoms with van der Waals surface area (Å²) >= 11 is 0. The first-order chi connectivity index (χ1) is 9.63. The third-order valence-electron chi connectivity index (χ3n) is 3.64. The predicted octanol–water partition coefficient (Wildman–Crippen LogP) is 2.32. The summed E-state index contributed by atoms with van der Waals surface area (Å²) in [4.78, 5) is 11.9. The summed E-state index contributed by atoms with van der Waals surface area (Å²) < 4.78 is 7.11. The summed E-state index contributed by atoms with van der Waals surface area (Å²) in [6, 6.07) is 0.125. The van der Waals surface area contributed by atoms with Gasteiger partial charge in [-0.05, 0) is 39.5 Å². The summed E-state index contributed by atoms with van der Waals surface area (Å²) in [5.41, 5.74) is 0.984. The average molecular weight is 280 g/mol. The fraction of sp³-hybridized carbons (Fsp3) is 0.714. The maximum atomic E-state index is 11.9. The van der Waals surface area contributed by atoms with Crippen LogP contribution in [0, 0.1) is 12.8 Å². The number of nitrogens with zero attached hydrogens (tertiary/aromatic N) is 2. The maximum absolute atomic E-state index is 11.9. The minimum Gasteiger partial charge on any atom is -0.380 e. The topological polar surface area (TPSA) is 68.2 Å². The molecule has 6 nitrogen and oxygen atoms in total. The molecular formula is C14H24N4O2. The van der Waals surface area contributed by atoms with Crippen molar-refractivity contribution in [3.8, 4) is 0 Å². The number of nitrogens with one attached hydrogen (secondary N) is 2. The first kappa shape index (κ1) is 14.8. The summed E-state index contributed by atoms with van der Waals surface area (Å²) in [5, 5.41) is 10.1. The highest BCUT2D eigenvalue weighted by Crippen LogP contribution is 2.40. The zero-order chi connectivity index (χ0) is 14.5. The molecule has 2 rings (SSSR count). The van der Waals surface area contributed by atoms with E-state index in [-0.39, 0.29) is 6.03 Å². The zero-order valence-corrected chi connectivity index (χ0v) is 12.5. The van der Waals surface area contributed by atoms with E-state index in [2.05, 4.69) is 22.7 Å². The maximum Gasteiger partial charge on any atom is 0.320 e. The molecule has 0 bridgehead atoms. The molecular weight excluding hydrogens is 256 g/mol. The molecule has 1 aromatic rings. The lowest BCUT2D eigenvalue weighted by Gasteiger charge is -2.16. The molecule has 1 aliphatic rings. The van der Waals surface area contributed by atoms with E-state index in [1.165, 1.54) is 12.8 Å². The van der Waals surface area contributed by atoms with Gasteiger partial charge in [-0.25, -0.2) is 9.48 Å². The monoisotopic (exact) mass is 280 g/mol. The first-order valence-corrected chi connectivity index (χ1v) is 7.30. The van der Waals surface area contributed by atoms with Crippen molar-refractivity contribution in [1.29, 1.82) is 0 Å². The zero-order valence-electron chi connectivity index (χ0n) is 12.5. The van der Waals surface area contributed by atoms with E-state index in [1.54, 1.807) is 6.20 Å². The predicted molar refractivity (Wildman–Crippen MR) is 77.9 cm³/mol. The van der Waals surface area contributed by atoms with E-state index in [0.29, 0.717) is 31.7 Å². The summed E-state index contributed by atoms with van der Waals surface area (Å²) in [5.74, 6) is 1.48. The second-order valence-corrected chi connectivity index (χ2v) is 5.28. The van der Waals surface area contributed by atoms with E-state index >= 15 is 0 Å². The molecule has 1 atom stereocenters. The molecule has 0 radical (unpaired) electrons. The van der Waals surface area contributed by atoms with Crippen LogP contribution < -0.4 is 10.6 Å². The number of hydrogen-bond donors (Lipinski definition) is 2. The van der Waals surface area contributed by atoms with Gasteiger partial charge in [-0.3, -0.25) is 5.32 Å². The number of carbonyl (C=O) groups is 1. The molecule has 0 spiro atoms. The normalized spacial score (nSPS) is 15.9. The molecule has 112 valence electrons. The van der Waals surface area contributed by atoms with Gasteiger partial charge >= 0.3 is 6.03 Å². The Morgan fingerprint density at radius 2 is 2.35 bits per heavy atom. The fourth-order valence-corrected chi connectivity index (χ4v) is 2.22. The molecule has 0 aliphatic heterocycles. The molecule has 1 aliphatic carbocycles. The fourth-order valence-electron chi connectivity index (χ4n) is 2.22. The molecule has 6 heteroatoms. The van der Waals surface area contributed by atoms with E-state index in [0.717, 1.165) is 11.4 Å². The van der Waals surface area contributed by atoms with Gasteiger partial charge in [0.05, 0.1) is 18.8 Å². The van der Waals surface area contributed by atoms with E-state index in [1.807, 2.05) is 18.5 Å². The van der Waals surface area contributed by atoms with E-state index < -0.39 is 0 Å². The van der Waals surface area contributed by atoms with Crippen LogP contribution in [0.5, 0.6) is 0 Å². The van der Waals surface area contributed by atoms with Crippen LogP contribution in [0.2, 0.25) is 0 Å². The van der Waals surface area contributed by atoms with Gasteiger partial charge in [0, 0.05) is 18.7 Å². The summed E-state index contributed by atoms with van der Waals surface area (Å²) in [7, 11) is 0. The molecule has 0 aromatic carbocycles. The number of ether oxygens (including phenoxy) is 1. The molecule has 20 heavy (non-hydrogen) atoms. The highest BCUT2D eigenvalue weighted by molar-refractivity contribution is 5.89. The minimum absolute atomic E-state index is 0.211. The Morgan fingerprint density at radius 3 is 3.00 bits per heavy atom. The van der Waals surface area contributed by atoms with Gasteiger partial charge in [0.25, 0.3) is 0 Å². The molecule has 1 saturated carbocycles. The number of anilines is 1. The number of urea groups is 1. The Hall–Kier alpha value is -1.56. The quantitative estimate of drug-likeness (QED) is 0.753. The number of hydrogen-bond acceptors (Lipinski definition) is 3. The molecule has 2 amide bonds. The molecule has 2 N–H and O–H groups in total. The number of carbonyl (C=O) groups excluding carboxylic acids is 1. The Labute approximate surface area is 119 Å². The van der Waals surface area contributed by atoms with Crippen molar-refractivity contribution in [2.24, 2.45) is 5.92 Å². The van der Waals surface area contributed by atoms with Crippen LogP contribution in [0.4, 0.5) is 10.6 Å². The molecule has 1 aromatic heterocycles. The van der Waals surface area contributed by atoms with Crippen molar-refractivity contribution in [2.45, 2.75) is 39.7 Å². The molecule has 1 fully saturated rings. The van der Waals surface area contributed by atoms with Gasteiger partial charge < -0.3 is 10.1 Å². The minimum atomic E-state index is -0.211. The van der Waals surface area contributed by atoms with Crippen molar-refractivity contribution >= 4 is 11.8 Å². The second-order valence-electron chi connectivity index (χ2n) is 5.28. The average Bonchev–Trinajstić information content (AvgIpc) is 3.21. The van der Waals surface area contributed by atoms with Gasteiger partial charge in [-0.2, -0.15) is 5.10 Å². The van der Waals surface area contributed by atoms with E-state index in [9.17, 15) is 4.79 Å². The van der Waals surface area contributed by atoms with Gasteiger partial charge in [-0.15, -0.1) is 0 Å². The summed E-state index contributed by atoms with van der Waals surface area (Å²) in [6.07, 6.45) is 4.30. The third kappa shape index (κ3) is 3.72. The molecule has 0 saturated heterocycles. The van der Waals surface area contributed by atoms with E-state index in [4.69, 9.17) is 4.74 Å². The van der Waals surface area contributed by atoms with Crippen molar-refractivity contribution in [1.82, 2.24) is 15.1 Å². The Balaban J connectivity index is 1.91. The number of rotatable bonds is 7. The second kappa shape index (κ2) is 6.74. The van der Waals surface area contributed by atoms with Crippen molar-refractivity contribution in [3.63, 3.8) is 0 Å². The lowest BCUT2D eigenvalue weighted by Crippen LogP contribution is -2.33. The summed E-state index contributed by atoms with van der Waals surface area (Å²) in [6.45, 7) is 7.74. The van der Waals surface area contributed by atoms with Crippen molar-refractivity contribution in [3.05, 3.63) is 11.8 Å². The van der Waals surface area contributed by atoms with Crippen LogP contribution in [0.25, 0.3) is 0 Å². The Morgan fingerprint density at radius 1 is 1.60 bits per heavy atom. The number of aryl methyl sites for hydroxylation is 1. The van der Waals surface area contributed by atoms with Gasteiger partial charge in [0.15, 0.2) is 0 Å². The van der Waals surface area contributed by atoms with Gasteiger partial charge in [0.2, 0.25) is 0 Å². The number of aromatic nitrogens is 2. The van der Waals surface area contributed by atoms with Crippen LogP contribution in [-0.2, 0) is 4.74 Å². The smallest absolute Gasteiger partial charge is 0.320 e. The van der Waals surface area contributed by atoms with Crippen molar-refractivity contribution in [2.75, 3.05) is 25.1 Å². The Bertz CT molecular complexity index is 454. The highest BCUT2D eigenvalue weighted by Gasteiger charge is 2.31. The van der Waals surface area contributed by atoms with Crippen LogP contribution in [0.15, 0.2) is 6.20 Å².